The number of nitrogens with one attached hydrogen (secondary N) is 2. The van der Waals surface area contributed by atoms with Crippen LogP contribution in [0, 0.1) is 5.92 Å². The molecule has 1 heterocycles. The fraction of sp³-hybridized carbons (Fsp3) is 1.00. The van der Waals surface area contributed by atoms with Crippen molar-refractivity contribution in [2.24, 2.45) is 5.92 Å². The molecule has 0 aromatic rings. The fourth-order valence-corrected chi connectivity index (χ4v) is 1.75. The molecule has 0 amide bonds. The molecule has 2 nitrogen and oxygen atoms in total. The van der Waals surface area contributed by atoms with Gasteiger partial charge in [-0.15, -0.1) is 0 Å². The Labute approximate surface area is 63.4 Å². The monoisotopic (exact) mass is 142 g/mol. The van der Waals surface area contributed by atoms with Crippen molar-refractivity contribution in [3.05, 3.63) is 0 Å². The van der Waals surface area contributed by atoms with Gasteiger partial charge in [0.15, 0.2) is 0 Å². The van der Waals surface area contributed by atoms with E-state index in [-0.39, 0.29) is 0 Å². The highest BCUT2D eigenvalue weighted by Gasteiger charge is 2.28. The highest BCUT2D eigenvalue weighted by Crippen LogP contribution is 2.12. The highest BCUT2D eigenvalue weighted by atomic mass is 15.2. The van der Waals surface area contributed by atoms with E-state index in [9.17, 15) is 0 Å². The molecule has 3 atom stereocenters. The molecule has 2 N–H and O–H groups in total. The molecule has 2 unspecified atom stereocenters. The lowest BCUT2D eigenvalue weighted by molar-refractivity contribution is 0.411. The first-order valence-electron chi connectivity index (χ1n) is 4.13. The van der Waals surface area contributed by atoms with Gasteiger partial charge >= 0.3 is 0 Å². The van der Waals surface area contributed by atoms with Gasteiger partial charge in [-0.25, -0.2) is 0 Å². The Morgan fingerprint density at radius 2 is 1.70 bits per heavy atom. The van der Waals surface area contributed by atoms with Crippen LogP contribution < -0.4 is 10.6 Å². The summed E-state index contributed by atoms with van der Waals surface area (Å²) in [6.45, 7) is 8.92. The molecule has 0 aliphatic carbocycles. The summed E-state index contributed by atoms with van der Waals surface area (Å²) in [6.07, 6.45) is 0.488. The van der Waals surface area contributed by atoms with Crippen molar-refractivity contribution >= 4 is 0 Å². The third-order valence-corrected chi connectivity index (χ3v) is 2.21. The van der Waals surface area contributed by atoms with Crippen LogP contribution in [0.3, 0.4) is 0 Å². The van der Waals surface area contributed by atoms with E-state index < -0.39 is 0 Å². The van der Waals surface area contributed by atoms with Crippen molar-refractivity contribution in [3.63, 3.8) is 0 Å². The van der Waals surface area contributed by atoms with Crippen LogP contribution in [0.4, 0.5) is 0 Å². The topological polar surface area (TPSA) is 24.1 Å². The number of hydrogen-bond donors (Lipinski definition) is 2. The Kier molecular flexibility index (Phi) is 2.32. The molecule has 2 heteroatoms. The van der Waals surface area contributed by atoms with E-state index in [0.29, 0.717) is 18.2 Å². The second-order valence-electron chi connectivity index (χ2n) is 3.61. The zero-order chi connectivity index (χ0) is 7.72. The van der Waals surface area contributed by atoms with Crippen LogP contribution in [0.2, 0.25) is 0 Å². The molecule has 0 aromatic heterocycles. The van der Waals surface area contributed by atoms with E-state index in [1.165, 1.54) is 0 Å². The van der Waals surface area contributed by atoms with Gasteiger partial charge in [-0.1, -0.05) is 13.8 Å². The number of rotatable bonds is 1. The van der Waals surface area contributed by atoms with Crippen molar-refractivity contribution in [1.82, 2.24) is 10.6 Å². The van der Waals surface area contributed by atoms with Crippen molar-refractivity contribution in [2.75, 3.05) is 0 Å². The maximum atomic E-state index is 3.49. The molecule has 0 radical (unpaired) electrons. The fourth-order valence-electron chi connectivity index (χ4n) is 1.75. The lowest BCUT2D eigenvalue weighted by atomic mass is 10.00. The zero-order valence-corrected chi connectivity index (χ0v) is 7.31. The first-order chi connectivity index (χ1) is 4.61. The maximum absolute atomic E-state index is 3.49. The van der Waals surface area contributed by atoms with E-state index in [2.05, 4.69) is 38.3 Å². The normalized spacial score (nSPS) is 41.1. The number of hydrogen-bond acceptors (Lipinski definition) is 2. The SMILES string of the molecule is CC1NC(C(C)C)[C@H](C)N1. The van der Waals surface area contributed by atoms with Gasteiger partial charge in [-0.2, -0.15) is 0 Å². The van der Waals surface area contributed by atoms with E-state index in [1.807, 2.05) is 0 Å². The second-order valence-corrected chi connectivity index (χ2v) is 3.61. The van der Waals surface area contributed by atoms with Gasteiger partial charge in [0.2, 0.25) is 0 Å². The molecule has 1 saturated heterocycles. The van der Waals surface area contributed by atoms with E-state index >= 15 is 0 Å². The van der Waals surface area contributed by atoms with Crippen LogP contribution in [-0.2, 0) is 0 Å². The van der Waals surface area contributed by atoms with Crippen LogP contribution in [0.15, 0.2) is 0 Å². The van der Waals surface area contributed by atoms with Crippen LogP contribution >= 0.6 is 0 Å². The molecule has 10 heavy (non-hydrogen) atoms. The molecular formula is C8H18N2. The van der Waals surface area contributed by atoms with E-state index in [0.717, 1.165) is 5.92 Å². The molecule has 0 spiro atoms. The van der Waals surface area contributed by atoms with Crippen molar-refractivity contribution in [1.29, 1.82) is 0 Å². The summed E-state index contributed by atoms with van der Waals surface area (Å²) in [5.41, 5.74) is 0. The zero-order valence-electron chi connectivity index (χ0n) is 7.31. The summed E-state index contributed by atoms with van der Waals surface area (Å²) >= 11 is 0. The van der Waals surface area contributed by atoms with Crippen molar-refractivity contribution < 1.29 is 0 Å². The van der Waals surface area contributed by atoms with Crippen LogP contribution in [-0.4, -0.2) is 18.2 Å². The van der Waals surface area contributed by atoms with Gasteiger partial charge < -0.3 is 0 Å². The second kappa shape index (κ2) is 2.89. The van der Waals surface area contributed by atoms with Crippen LogP contribution in [0.5, 0.6) is 0 Å². The smallest absolute Gasteiger partial charge is 0.0547 e. The van der Waals surface area contributed by atoms with Crippen molar-refractivity contribution in [3.8, 4) is 0 Å². The minimum absolute atomic E-state index is 0.488. The maximum Gasteiger partial charge on any atom is 0.0547 e. The Hall–Kier alpha value is -0.0800. The minimum atomic E-state index is 0.488. The van der Waals surface area contributed by atoms with Gasteiger partial charge in [0.25, 0.3) is 0 Å². The molecule has 0 bridgehead atoms. The van der Waals surface area contributed by atoms with Crippen LogP contribution in [0.25, 0.3) is 0 Å². The summed E-state index contributed by atoms with van der Waals surface area (Å²) in [4.78, 5) is 0. The predicted molar refractivity (Wildman–Crippen MR) is 43.8 cm³/mol. The molecule has 0 saturated carbocycles. The summed E-state index contributed by atoms with van der Waals surface area (Å²) in [5.74, 6) is 0.729. The van der Waals surface area contributed by atoms with Crippen LogP contribution in [0.1, 0.15) is 27.7 Å². The Balaban J connectivity index is 2.46. The lowest BCUT2D eigenvalue weighted by Gasteiger charge is -2.18. The van der Waals surface area contributed by atoms with Gasteiger partial charge in [-0.05, 0) is 19.8 Å². The van der Waals surface area contributed by atoms with Crippen molar-refractivity contribution in [2.45, 2.75) is 45.9 Å². The van der Waals surface area contributed by atoms with E-state index in [1.54, 1.807) is 0 Å². The molecule has 1 aliphatic rings. The average molecular weight is 142 g/mol. The molecule has 0 aromatic carbocycles. The predicted octanol–water partition coefficient (Wildman–Crippen LogP) is 0.938. The molecular weight excluding hydrogens is 124 g/mol. The van der Waals surface area contributed by atoms with Gasteiger partial charge in [-0.3, -0.25) is 10.6 Å². The largest absolute Gasteiger partial charge is 0.298 e. The van der Waals surface area contributed by atoms with Gasteiger partial charge in [0.05, 0.1) is 6.17 Å². The molecule has 60 valence electrons. The standard InChI is InChI=1S/C8H18N2/c1-5(2)8-6(3)9-7(4)10-8/h5-10H,1-4H3/t6-,7?,8?/m0/s1. The van der Waals surface area contributed by atoms with Gasteiger partial charge in [0, 0.05) is 12.1 Å². The first-order valence-corrected chi connectivity index (χ1v) is 4.13. The Morgan fingerprint density at radius 3 is 1.90 bits per heavy atom. The third-order valence-electron chi connectivity index (χ3n) is 2.21. The minimum Gasteiger partial charge on any atom is -0.298 e. The molecule has 1 fully saturated rings. The lowest BCUT2D eigenvalue weighted by Crippen LogP contribution is -2.36. The Morgan fingerprint density at radius 1 is 1.10 bits per heavy atom. The third kappa shape index (κ3) is 1.50. The summed E-state index contributed by atoms with van der Waals surface area (Å²) < 4.78 is 0. The summed E-state index contributed by atoms with van der Waals surface area (Å²) in [7, 11) is 0. The van der Waals surface area contributed by atoms with Gasteiger partial charge in [0.1, 0.15) is 0 Å². The molecule has 1 aliphatic heterocycles. The average Bonchev–Trinajstić information content (AvgIpc) is 2.10. The quantitative estimate of drug-likeness (QED) is 0.569. The summed E-state index contributed by atoms with van der Waals surface area (Å²) in [6, 6.07) is 1.27. The highest BCUT2D eigenvalue weighted by molar-refractivity contribution is 4.90. The summed E-state index contributed by atoms with van der Waals surface area (Å²) in [5, 5.41) is 6.93. The first kappa shape index (κ1) is 8.02. The van der Waals surface area contributed by atoms with E-state index in [4.69, 9.17) is 0 Å². The molecule has 1 rings (SSSR count). The Bertz CT molecular complexity index is 112.